The Labute approximate surface area is 611 Å². The first-order valence-corrected chi connectivity index (χ1v) is 36.6. The summed E-state index contributed by atoms with van der Waals surface area (Å²) in [6.07, 6.45) is 21.4. The molecule has 0 aliphatic heterocycles. The van der Waals surface area contributed by atoms with Crippen molar-refractivity contribution >= 4 is 84.0 Å². The first-order chi connectivity index (χ1) is 50.9. The number of anilines is 10. The largest absolute Gasteiger partial charge is 0.395 e. The van der Waals surface area contributed by atoms with Gasteiger partial charge in [0.1, 0.15) is 17.5 Å². The Morgan fingerprint density at radius 2 is 0.971 bits per heavy atom. The number of terminal acetylenes is 1. The van der Waals surface area contributed by atoms with Crippen molar-refractivity contribution in [2.24, 2.45) is 5.14 Å². The van der Waals surface area contributed by atoms with Crippen LogP contribution >= 0.6 is 0 Å². The number of ketones is 1. The lowest BCUT2D eigenvalue weighted by Gasteiger charge is -2.10. The molecule has 31 nitrogen and oxygen atoms in total. The SMILES string of the molecule is C#Cc1cnc(-c2cccc(S(=O)(=O)NCCO)c2)nc1Nc1cc(C2CC2)[nH]n1.CC(=O)c1cccc(Nc2nccc(Nc3cc(C4CC4)[nH]n3)n2)c1.NS(=O)(=O)c1cccc(-c2ncc(CO)c(Nc3cc(C4CC4)[nH]n3)n2)c1.OCc1cnc(-c2ccccc2)nc1Nc1cc(C2CC2)[nH]n1.[HH].[HH].[HH].[HH].[HH].[HH]. The van der Waals surface area contributed by atoms with Crippen LogP contribution in [0.15, 0.2) is 168 Å². The Kier molecular flexibility index (Phi) is 21.8. The van der Waals surface area contributed by atoms with E-state index in [1.807, 2.05) is 66.7 Å². The molecule has 0 saturated heterocycles. The topological polar surface area (TPSA) is 462 Å². The molecule has 548 valence electrons. The van der Waals surface area contributed by atoms with Crippen molar-refractivity contribution in [3.63, 3.8) is 0 Å². The third kappa shape index (κ3) is 19.0. The summed E-state index contributed by atoms with van der Waals surface area (Å²) in [6, 6.07) is 39.0. The number of nitrogens with two attached hydrogens (primary N) is 1. The van der Waals surface area contributed by atoms with Gasteiger partial charge in [-0.25, -0.2) is 61.6 Å². The molecule has 8 heterocycles. The Balaban J connectivity index is 0.000000203. The minimum Gasteiger partial charge on any atom is -0.395 e. The highest BCUT2D eigenvalue weighted by Gasteiger charge is 2.29. The molecular weight excluding hydrogens is 1380 g/mol. The van der Waals surface area contributed by atoms with Crippen molar-refractivity contribution in [3.8, 4) is 46.5 Å². The second kappa shape index (κ2) is 32.1. The lowest BCUT2D eigenvalue weighted by molar-refractivity contribution is 0.101. The Morgan fingerprint density at radius 3 is 1.46 bits per heavy atom. The molecule has 4 aromatic carbocycles. The quantitative estimate of drug-likeness (QED) is 0.0187. The van der Waals surface area contributed by atoms with E-state index in [-0.39, 0.29) is 50.5 Å². The van der Waals surface area contributed by atoms with Gasteiger partial charge in [-0.3, -0.25) is 25.2 Å². The summed E-state index contributed by atoms with van der Waals surface area (Å²) in [4.78, 5) is 46.4. The zero-order valence-corrected chi connectivity index (χ0v) is 58.2. The predicted molar refractivity (Wildman–Crippen MR) is 406 cm³/mol. The lowest BCUT2D eigenvalue weighted by atomic mass is 10.1. The maximum Gasteiger partial charge on any atom is 0.240 e. The van der Waals surface area contributed by atoms with Crippen molar-refractivity contribution in [2.75, 3.05) is 39.7 Å². The van der Waals surface area contributed by atoms with Gasteiger partial charge in [0.25, 0.3) is 0 Å². The molecule has 4 aliphatic carbocycles. The Morgan fingerprint density at radius 1 is 0.514 bits per heavy atom. The van der Waals surface area contributed by atoms with Gasteiger partial charge < -0.3 is 41.9 Å². The third-order valence-corrected chi connectivity index (χ3v) is 19.3. The highest BCUT2D eigenvalue weighted by molar-refractivity contribution is 7.89. The zero-order valence-electron chi connectivity index (χ0n) is 56.5. The summed E-state index contributed by atoms with van der Waals surface area (Å²) in [5.74, 6) is 11.2. The minimum absolute atomic E-state index is 0. The van der Waals surface area contributed by atoms with Crippen molar-refractivity contribution in [2.45, 2.75) is 105 Å². The Hall–Kier alpha value is -12.0. The van der Waals surface area contributed by atoms with Crippen LogP contribution < -0.4 is 36.4 Å². The molecule has 16 rings (SSSR count). The Bertz CT molecular complexity index is 5370. The van der Waals surface area contributed by atoms with Crippen LogP contribution in [-0.4, -0.2) is 132 Å². The standard InChI is InChI=1S/C20H20N6O3S.C18H18N6O.C17H18N6O3S.C17H17N5O.6H2/c1-2-13-12-21-19(15-4-3-5-16(10-15)30(28,29)22-8-9-27)24-20(13)23-18-11-17(25-26-18)14-6-7-14;1-11(25)13-3-2-4-14(9-13)20-18-19-8-7-16(22-18)21-17-10-15(23-24-17)12-5-6-12;18-27(25,26)13-3-1-2-11(6-13)16-19-8-12(9-24)17(21-16)20-15-7-14(22-23-15)10-4-5-10;23-10-13-9-18-16(12-4-2-1-3-5-12)20-17(13)19-15-8-14(21-22-15)11-6-7-11;;;;;;/h1,3-5,10-12,14,22,27H,6-9H2,(H2,21,23,24,25,26);2-4,7-10,12H,5-6H2,1H3,(H3,19,20,21,22,23,24);1-3,6-8,10,24H,4-5,9H2,(H2,18,25,26)(H2,19,20,21,22,23);1-5,8-9,11,23H,6-7,10H2,(H2,18,19,20,21,22);6*1H. The fraction of sp³-hybridized carbons (Fsp3) is 0.236. The summed E-state index contributed by atoms with van der Waals surface area (Å²) >= 11 is 0. The maximum absolute atomic E-state index is 12.3. The molecule has 4 fully saturated rings. The molecule has 0 radical (unpaired) electrons. The van der Waals surface area contributed by atoms with Gasteiger partial charge in [0.15, 0.2) is 52.3 Å². The number of aromatic nitrogens is 16. The van der Waals surface area contributed by atoms with Gasteiger partial charge in [0.2, 0.25) is 26.0 Å². The molecule has 0 spiro atoms. The number of aliphatic hydroxyl groups is 3. The fourth-order valence-corrected chi connectivity index (χ4v) is 12.3. The van der Waals surface area contributed by atoms with E-state index in [0.717, 1.165) is 65.5 Å². The highest BCUT2D eigenvalue weighted by Crippen LogP contribution is 2.43. The van der Waals surface area contributed by atoms with Crippen molar-refractivity contribution in [3.05, 3.63) is 203 Å². The summed E-state index contributed by atoms with van der Waals surface area (Å²) < 4.78 is 50.1. The number of Topliss-reactive ketones (excluding diaryl/α,β-unsaturated/α-hetero) is 1. The number of primary sulfonamides is 1. The second-order valence-electron chi connectivity index (χ2n) is 25.1. The van der Waals surface area contributed by atoms with Crippen LogP contribution in [-0.2, 0) is 33.3 Å². The number of H-pyrrole nitrogens is 4. The molecule has 15 N–H and O–H groups in total. The normalized spacial score (nSPS) is 13.9. The summed E-state index contributed by atoms with van der Waals surface area (Å²) in [5, 5.41) is 77.9. The van der Waals surface area contributed by atoms with Gasteiger partial charge in [0.05, 0.1) is 35.2 Å². The van der Waals surface area contributed by atoms with Gasteiger partial charge in [-0.15, -0.1) is 6.42 Å². The number of hydrogen-bond donors (Lipinski definition) is 14. The number of aliphatic hydroxyl groups excluding tert-OH is 3. The number of rotatable bonds is 25. The van der Waals surface area contributed by atoms with Crippen LogP contribution in [0.1, 0.15) is 140 Å². The molecule has 12 aromatic rings. The van der Waals surface area contributed by atoms with E-state index >= 15 is 0 Å². The van der Waals surface area contributed by atoms with Crippen LogP contribution in [0.3, 0.4) is 0 Å². The second-order valence-corrected chi connectivity index (χ2v) is 28.4. The molecule has 4 saturated carbocycles. The van der Waals surface area contributed by atoms with E-state index in [0.29, 0.717) is 121 Å². The fourth-order valence-electron chi connectivity index (χ4n) is 10.7. The summed E-state index contributed by atoms with van der Waals surface area (Å²) in [5.41, 5.74) is 9.39. The van der Waals surface area contributed by atoms with Crippen LogP contribution in [0.4, 0.5) is 58.2 Å². The predicted octanol–water partition coefficient (Wildman–Crippen LogP) is 11.6. The van der Waals surface area contributed by atoms with Gasteiger partial charge in [-0.1, -0.05) is 72.7 Å². The number of hydrogen-bond acceptors (Lipinski definition) is 25. The van der Waals surface area contributed by atoms with E-state index < -0.39 is 20.0 Å². The number of carbonyl (C=O) groups excluding carboxylic acids is 1. The van der Waals surface area contributed by atoms with Crippen molar-refractivity contribution < 1.29 is 45.5 Å². The third-order valence-electron chi connectivity index (χ3n) is 16.9. The summed E-state index contributed by atoms with van der Waals surface area (Å²) in [7, 11) is -7.58. The molecule has 105 heavy (non-hydrogen) atoms. The van der Waals surface area contributed by atoms with E-state index in [4.69, 9.17) is 16.7 Å². The number of carbonyl (C=O) groups is 1. The summed E-state index contributed by atoms with van der Waals surface area (Å²) in [6.45, 7) is 0.803. The average Bonchev–Trinajstić information content (AvgIpc) is 1.83. The first kappa shape index (κ1) is 71.4. The lowest BCUT2D eigenvalue weighted by Crippen LogP contribution is -2.26. The molecule has 4 aliphatic rings. The molecule has 8 aromatic heterocycles. The monoisotopic (exact) mass is 1460 g/mol. The molecule has 0 amide bonds. The van der Waals surface area contributed by atoms with Crippen LogP contribution in [0.25, 0.3) is 34.2 Å². The number of benzene rings is 4. The number of nitrogens with zero attached hydrogens (tertiary/aromatic N) is 12. The number of aromatic amines is 4. The molecule has 0 bridgehead atoms. The first-order valence-electron chi connectivity index (χ1n) is 33.6. The van der Waals surface area contributed by atoms with Gasteiger partial charge in [-0.2, -0.15) is 25.4 Å². The van der Waals surface area contributed by atoms with Gasteiger partial charge in [0, 0.05) is 150 Å². The van der Waals surface area contributed by atoms with E-state index in [2.05, 4.69) is 118 Å². The minimum atomic E-state index is -3.83. The maximum atomic E-state index is 12.3. The molecule has 0 atom stereocenters. The van der Waals surface area contributed by atoms with Crippen LogP contribution in [0, 0.1) is 12.3 Å². The van der Waals surface area contributed by atoms with Crippen molar-refractivity contribution in [1.82, 2.24) is 85.4 Å². The molecular formula is C72H85N23O8S2. The van der Waals surface area contributed by atoms with E-state index in [9.17, 15) is 31.8 Å². The number of sulfonamides is 2. The zero-order chi connectivity index (χ0) is 73.0. The van der Waals surface area contributed by atoms with Gasteiger partial charge in [-0.05, 0) is 101 Å². The van der Waals surface area contributed by atoms with E-state index in [1.165, 1.54) is 62.3 Å². The van der Waals surface area contributed by atoms with Crippen LogP contribution in [0.5, 0.6) is 0 Å². The number of nitrogens with one attached hydrogen (secondary N) is 10. The molecule has 0 unspecified atom stereocenters. The van der Waals surface area contributed by atoms with Crippen molar-refractivity contribution in [1.29, 1.82) is 0 Å². The van der Waals surface area contributed by atoms with E-state index in [1.54, 1.807) is 61.8 Å². The molecule has 33 heteroatoms. The van der Waals surface area contributed by atoms with Crippen LogP contribution in [0.2, 0.25) is 0 Å². The average molecular weight is 1460 g/mol. The van der Waals surface area contributed by atoms with Gasteiger partial charge >= 0.3 is 0 Å². The smallest absolute Gasteiger partial charge is 0.240 e. The highest BCUT2D eigenvalue weighted by atomic mass is 32.2.